The summed E-state index contributed by atoms with van der Waals surface area (Å²) in [5.41, 5.74) is 2.59. The second kappa shape index (κ2) is 8.54. The number of non-ortho nitro benzene ring substituents is 1. The van der Waals surface area contributed by atoms with Gasteiger partial charge in [-0.05, 0) is 44.9 Å². The van der Waals surface area contributed by atoms with E-state index in [1.54, 1.807) is 19.9 Å². The predicted molar refractivity (Wildman–Crippen MR) is 114 cm³/mol. The zero-order valence-corrected chi connectivity index (χ0v) is 17.7. The summed E-state index contributed by atoms with van der Waals surface area (Å²) in [6.45, 7) is 7.23. The second-order valence-corrected chi connectivity index (χ2v) is 7.44. The molecule has 0 aliphatic heterocycles. The largest absolute Gasteiger partial charge is 0.457 e. The molecule has 1 unspecified atom stereocenters. The first-order chi connectivity index (χ1) is 14.2. The SMILES string of the molecule is Cc1ccc(C)c(Oc2cc(NC(=O)C(C)n3ncc(Cl)c3C)cc([N+](=O)[O-])c2)c1. The summed E-state index contributed by atoms with van der Waals surface area (Å²) in [5, 5.41) is 18.6. The minimum absolute atomic E-state index is 0.195. The Morgan fingerprint density at radius 1 is 1.23 bits per heavy atom. The van der Waals surface area contributed by atoms with E-state index in [-0.39, 0.29) is 17.1 Å². The van der Waals surface area contributed by atoms with Gasteiger partial charge in [-0.3, -0.25) is 19.6 Å². The number of nitrogens with one attached hydrogen (secondary N) is 1. The molecule has 0 saturated carbocycles. The van der Waals surface area contributed by atoms with Crippen molar-refractivity contribution in [1.82, 2.24) is 9.78 Å². The van der Waals surface area contributed by atoms with E-state index in [1.807, 2.05) is 32.0 Å². The van der Waals surface area contributed by atoms with Crippen LogP contribution in [0.15, 0.2) is 42.6 Å². The first-order valence-electron chi connectivity index (χ1n) is 9.20. The number of hydrogen-bond donors (Lipinski definition) is 1. The quantitative estimate of drug-likeness (QED) is 0.420. The second-order valence-electron chi connectivity index (χ2n) is 7.03. The van der Waals surface area contributed by atoms with Gasteiger partial charge in [0.1, 0.15) is 17.5 Å². The van der Waals surface area contributed by atoms with Crippen LogP contribution in [0.1, 0.15) is 29.8 Å². The molecule has 1 N–H and O–H groups in total. The number of aromatic nitrogens is 2. The van der Waals surface area contributed by atoms with Crippen molar-refractivity contribution in [2.45, 2.75) is 33.7 Å². The highest BCUT2D eigenvalue weighted by atomic mass is 35.5. The molecule has 8 nitrogen and oxygen atoms in total. The van der Waals surface area contributed by atoms with Gasteiger partial charge in [0.05, 0.1) is 33.6 Å². The zero-order valence-electron chi connectivity index (χ0n) is 17.0. The highest BCUT2D eigenvalue weighted by Gasteiger charge is 2.20. The van der Waals surface area contributed by atoms with Crippen LogP contribution in [0.3, 0.4) is 0 Å². The van der Waals surface area contributed by atoms with Crippen LogP contribution >= 0.6 is 11.6 Å². The van der Waals surface area contributed by atoms with Crippen LogP contribution in [0, 0.1) is 30.9 Å². The third-order valence-corrected chi connectivity index (χ3v) is 5.04. The fraction of sp³-hybridized carbons (Fsp3) is 0.238. The minimum Gasteiger partial charge on any atom is -0.457 e. The maximum atomic E-state index is 12.7. The summed E-state index contributed by atoms with van der Waals surface area (Å²) >= 11 is 6.01. The van der Waals surface area contributed by atoms with Crippen LogP contribution in [-0.4, -0.2) is 20.6 Å². The zero-order chi connectivity index (χ0) is 22.0. The van der Waals surface area contributed by atoms with Gasteiger partial charge in [0.25, 0.3) is 5.69 Å². The number of nitrogens with zero attached hydrogens (tertiary/aromatic N) is 3. The monoisotopic (exact) mass is 428 g/mol. The van der Waals surface area contributed by atoms with Gasteiger partial charge in [-0.15, -0.1) is 0 Å². The number of carbonyl (C=O) groups excluding carboxylic acids is 1. The third kappa shape index (κ3) is 4.60. The molecule has 1 aromatic heterocycles. The van der Waals surface area contributed by atoms with E-state index in [0.717, 1.165) is 11.1 Å². The minimum atomic E-state index is -0.667. The van der Waals surface area contributed by atoms with Crippen LogP contribution < -0.4 is 10.1 Å². The molecule has 1 heterocycles. The molecule has 0 bridgehead atoms. The lowest BCUT2D eigenvalue weighted by Crippen LogP contribution is -2.25. The number of benzene rings is 2. The lowest BCUT2D eigenvalue weighted by Gasteiger charge is -2.15. The number of anilines is 1. The van der Waals surface area contributed by atoms with Crippen molar-refractivity contribution in [2.75, 3.05) is 5.32 Å². The lowest BCUT2D eigenvalue weighted by molar-refractivity contribution is -0.384. The van der Waals surface area contributed by atoms with Crippen molar-refractivity contribution in [2.24, 2.45) is 0 Å². The average molecular weight is 429 g/mol. The number of nitro benzene ring substituents is 1. The number of ether oxygens (including phenoxy) is 1. The van der Waals surface area contributed by atoms with E-state index in [9.17, 15) is 14.9 Å². The van der Waals surface area contributed by atoms with E-state index in [4.69, 9.17) is 16.3 Å². The van der Waals surface area contributed by atoms with Gasteiger partial charge in [-0.1, -0.05) is 23.7 Å². The maximum Gasteiger partial charge on any atom is 0.275 e. The molecular weight excluding hydrogens is 408 g/mol. The summed E-state index contributed by atoms with van der Waals surface area (Å²) in [4.78, 5) is 23.5. The number of nitro groups is 1. The number of hydrogen-bond acceptors (Lipinski definition) is 5. The highest BCUT2D eigenvalue weighted by molar-refractivity contribution is 6.31. The summed E-state index contributed by atoms with van der Waals surface area (Å²) in [7, 11) is 0. The number of halogens is 1. The number of rotatable bonds is 6. The first kappa shape index (κ1) is 21.3. The Kier molecular flexibility index (Phi) is 6.07. The number of amides is 1. The van der Waals surface area contributed by atoms with Crippen molar-refractivity contribution >= 4 is 28.9 Å². The smallest absolute Gasteiger partial charge is 0.275 e. The molecule has 0 spiro atoms. The molecule has 0 fully saturated rings. The number of carbonyl (C=O) groups is 1. The van der Waals surface area contributed by atoms with Gasteiger partial charge in [-0.2, -0.15) is 5.10 Å². The third-order valence-electron chi connectivity index (χ3n) is 4.67. The molecule has 30 heavy (non-hydrogen) atoms. The molecule has 2 aromatic carbocycles. The molecule has 0 radical (unpaired) electrons. The van der Waals surface area contributed by atoms with E-state index >= 15 is 0 Å². The van der Waals surface area contributed by atoms with Crippen LogP contribution in [-0.2, 0) is 4.79 Å². The molecule has 0 aliphatic carbocycles. The molecule has 3 aromatic rings. The first-order valence-corrected chi connectivity index (χ1v) is 9.58. The molecule has 9 heteroatoms. The van der Waals surface area contributed by atoms with Crippen LogP contribution in [0.5, 0.6) is 11.5 Å². The van der Waals surface area contributed by atoms with Crippen molar-refractivity contribution in [3.63, 3.8) is 0 Å². The van der Waals surface area contributed by atoms with E-state index < -0.39 is 16.9 Å². The van der Waals surface area contributed by atoms with Crippen LogP contribution in [0.2, 0.25) is 5.02 Å². The van der Waals surface area contributed by atoms with Crippen molar-refractivity contribution in [3.05, 3.63) is 74.6 Å². The standard InChI is InChI=1S/C21H21ClN4O4/c1-12-5-6-13(2)20(7-12)30-18-9-16(8-17(10-18)26(28)29)24-21(27)15(4)25-14(3)19(22)11-23-25/h5-11,15H,1-4H3,(H,24,27). The molecule has 0 saturated heterocycles. The predicted octanol–water partition coefficient (Wildman–Crippen LogP) is 5.36. The van der Waals surface area contributed by atoms with Crippen LogP contribution in [0.4, 0.5) is 11.4 Å². The Morgan fingerprint density at radius 3 is 2.60 bits per heavy atom. The molecule has 156 valence electrons. The van der Waals surface area contributed by atoms with Crippen molar-refractivity contribution < 1.29 is 14.5 Å². The maximum absolute atomic E-state index is 12.7. The normalized spacial score (nSPS) is 11.8. The van der Waals surface area contributed by atoms with Gasteiger partial charge in [0, 0.05) is 12.1 Å². The van der Waals surface area contributed by atoms with E-state index in [0.29, 0.717) is 16.5 Å². The van der Waals surface area contributed by atoms with Gasteiger partial charge in [-0.25, -0.2) is 0 Å². The molecule has 3 rings (SSSR count). The Morgan fingerprint density at radius 2 is 1.97 bits per heavy atom. The summed E-state index contributed by atoms with van der Waals surface area (Å²) in [5.74, 6) is 0.443. The van der Waals surface area contributed by atoms with Crippen LogP contribution in [0.25, 0.3) is 0 Å². The summed E-state index contributed by atoms with van der Waals surface area (Å²) < 4.78 is 7.37. The lowest BCUT2D eigenvalue weighted by atomic mass is 10.1. The number of aryl methyl sites for hydroxylation is 2. The Bertz CT molecular complexity index is 1130. The van der Waals surface area contributed by atoms with Crippen molar-refractivity contribution in [1.29, 1.82) is 0 Å². The molecule has 1 atom stereocenters. The van der Waals surface area contributed by atoms with Gasteiger partial charge in [0.2, 0.25) is 5.91 Å². The van der Waals surface area contributed by atoms with Crippen molar-refractivity contribution in [3.8, 4) is 11.5 Å². The fourth-order valence-electron chi connectivity index (χ4n) is 2.91. The Hall–Kier alpha value is -3.39. The molecular formula is C21H21ClN4O4. The Labute approximate surface area is 178 Å². The fourth-order valence-corrected chi connectivity index (χ4v) is 3.04. The van der Waals surface area contributed by atoms with E-state index in [1.165, 1.54) is 23.0 Å². The molecule has 1 amide bonds. The van der Waals surface area contributed by atoms with Gasteiger partial charge >= 0.3 is 0 Å². The highest BCUT2D eigenvalue weighted by Crippen LogP contribution is 2.32. The summed E-state index contributed by atoms with van der Waals surface area (Å²) in [6.07, 6.45) is 1.46. The topological polar surface area (TPSA) is 99.3 Å². The summed E-state index contributed by atoms with van der Waals surface area (Å²) in [6, 6.07) is 9.18. The van der Waals surface area contributed by atoms with Gasteiger partial charge in [0.15, 0.2) is 0 Å². The molecule has 0 aliphatic rings. The van der Waals surface area contributed by atoms with E-state index in [2.05, 4.69) is 10.4 Å². The average Bonchev–Trinajstić information content (AvgIpc) is 3.02. The Balaban J connectivity index is 1.89. The van der Waals surface area contributed by atoms with Gasteiger partial charge < -0.3 is 10.1 Å².